The Morgan fingerprint density at radius 1 is 0.579 bits per heavy atom. The fourth-order valence-electron chi connectivity index (χ4n) is 8.42. The van der Waals surface area contributed by atoms with Crippen molar-refractivity contribution in [2.75, 3.05) is 0 Å². The van der Waals surface area contributed by atoms with Crippen LogP contribution in [0.5, 0.6) is 0 Å². The summed E-state index contributed by atoms with van der Waals surface area (Å²) in [6, 6.07) is 0. The number of carbonyl (C=O) groups is 4. The van der Waals surface area contributed by atoms with Crippen LogP contribution in [0.1, 0.15) is 206 Å². The molecule has 5 atom stereocenters. The number of ether oxygens (including phenoxy) is 2. The molecule has 2 saturated heterocycles. The zero-order chi connectivity index (χ0) is 41.7. The number of unbranched alkanes of at least 4 members (excludes halogenated alkanes) is 11. The summed E-state index contributed by atoms with van der Waals surface area (Å²) >= 11 is 3.07. The Kier molecular flexibility index (Phi) is 27.9. The molecule has 329 valence electrons. The summed E-state index contributed by atoms with van der Waals surface area (Å²) in [5.74, 6) is -2.72. The van der Waals surface area contributed by atoms with Gasteiger partial charge in [-0.1, -0.05) is 109 Å². The number of fused-ring (bicyclic) bond motifs is 2. The van der Waals surface area contributed by atoms with Crippen LogP contribution >= 0.6 is 0 Å². The predicted octanol–water partition coefficient (Wildman–Crippen LogP) is 11.7. The Hall–Kier alpha value is -1.93. The van der Waals surface area contributed by atoms with Crippen molar-refractivity contribution >= 4 is 23.9 Å². The van der Waals surface area contributed by atoms with Crippen LogP contribution in [-0.4, -0.2) is 68.2 Å². The van der Waals surface area contributed by atoms with Crippen LogP contribution in [0.2, 0.25) is 5.28 Å². The fourth-order valence-corrected chi connectivity index (χ4v) is 9.04. The Bertz CT molecular complexity index is 1110. The molecule has 0 radical (unpaired) electrons. The molecule has 6 rings (SSSR count). The van der Waals surface area contributed by atoms with E-state index in [0.29, 0.717) is 24.2 Å². The molecule has 4 N–H and O–H groups in total. The molecule has 0 aromatic carbocycles. The molecule has 0 aromatic heterocycles. The first kappa shape index (κ1) is 51.2. The first-order chi connectivity index (χ1) is 27.5. The summed E-state index contributed by atoms with van der Waals surface area (Å²) in [6.07, 6.45) is 40.9. The quantitative estimate of drug-likeness (QED) is 0.0556. The Morgan fingerprint density at radius 2 is 1.07 bits per heavy atom. The standard InChI is InChI=1S/C18H34O2.C7H10O3.2C7H12O2.C7H11O.Cr/c1-2-3-4-5-6-7-8-9-10-11-12-13-14-15-16-17-18(19)20;8-7(9)4-1-2-5-6(3-4)10-5;2*8-7(9)6-4-2-1-3-5-6;1-7-5-3-2-4-6(7)8-7;/h9-10H,2-8,11-17H2,1H3,(H,19,20);4-6H,1-3H2,(H,8,9);2*6H,1-5H2,(H,8,9);6H,1-5H2;/b10-9-;;;;;. The van der Waals surface area contributed by atoms with Crippen molar-refractivity contribution in [1.82, 2.24) is 0 Å². The zero-order valence-electron chi connectivity index (χ0n) is 35.4. The van der Waals surface area contributed by atoms with E-state index in [9.17, 15) is 19.2 Å². The third kappa shape index (κ3) is 24.1. The van der Waals surface area contributed by atoms with Crippen molar-refractivity contribution in [3.63, 3.8) is 0 Å². The molecule has 6 aliphatic rings. The van der Waals surface area contributed by atoms with E-state index in [4.69, 9.17) is 29.9 Å². The van der Waals surface area contributed by atoms with E-state index >= 15 is 0 Å². The maximum absolute atomic E-state index is 10.5. The second-order valence-electron chi connectivity index (χ2n) is 17.2. The van der Waals surface area contributed by atoms with Gasteiger partial charge in [-0.2, -0.15) is 0 Å². The van der Waals surface area contributed by atoms with E-state index in [-0.39, 0.29) is 23.9 Å². The van der Waals surface area contributed by atoms with Crippen molar-refractivity contribution < 1.29 is 65.4 Å². The fraction of sp³-hybridized carbons (Fsp3) is 0.870. The monoisotopic (exact) mass is 844 g/mol. The minimum atomic E-state index is -0.664. The maximum atomic E-state index is 10.5. The van der Waals surface area contributed by atoms with Gasteiger partial charge in [0.05, 0.1) is 30.0 Å². The number of carboxylic acid groups (broad SMARTS) is 4. The normalized spacial score (nSPS) is 26.2. The van der Waals surface area contributed by atoms with Crippen molar-refractivity contribution in [3.8, 4) is 0 Å². The van der Waals surface area contributed by atoms with Gasteiger partial charge in [-0.25, -0.2) is 0 Å². The van der Waals surface area contributed by atoms with Crippen molar-refractivity contribution in [1.29, 1.82) is 0 Å². The van der Waals surface area contributed by atoms with Gasteiger partial charge in [0, 0.05) is 6.42 Å². The zero-order valence-corrected chi connectivity index (χ0v) is 36.7. The van der Waals surface area contributed by atoms with Gasteiger partial charge < -0.3 is 25.2 Å². The van der Waals surface area contributed by atoms with Crippen molar-refractivity contribution in [2.45, 2.75) is 235 Å². The predicted molar refractivity (Wildman–Crippen MR) is 220 cm³/mol. The molecule has 11 heteroatoms. The molecule has 10 nitrogen and oxygen atoms in total. The Balaban J connectivity index is 0.000000257. The average Bonchev–Trinajstić information content (AvgIpc) is 4.15. The second kappa shape index (κ2) is 31.0. The number of hydrogen-bond donors (Lipinski definition) is 4. The van der Waals surface area contributed by atoms with Crippen LogP contribution in [0, 0.1) is 17.8 Å². The third-order valence-electron chi connectivity index (χ3n) is 12.4. The van der Waals surface area contributed by atoms with Crippen LogP contribution in [0.25, 0.3) is 0 Å². The van der Waals surface area contributed by atoms with Gasteiger partial charge in [-0.05, 0) is 77.0 Å². The molecule has 57 heavy (non-hydrogen) atoms. The Morgan fingerprint density at radius 3 is 1.49 bits per heavy atom. The van der Waals surface area contributed by atoms with Crippen LogP contribution in [0.4, 0.5) is 0 Å². The van der Waals surface area contributed by atoms with Gasteiger partial charge in [0.1, 0.15) is 0 Å². The molecule has 5 unspecified atom stereocenters. The summed E-state index contributed by atoms with van der Waals surface area (Å²) in [4.78, 5) is 41.5. The molecule has 4 saturated carbocycles. The van der Waals surface area contributed by atoms with Crippen molar-refractivity contribution in [2.24, 2.45) is 17.8 Å². The summed E-state index contributed by atoms with van der Waals surface area (Å²) in [6.45, 7) is 2.26. The van der Waals surface area contributed by atoms with Crippen LogP contribution in [-0.2, 0) is 44.9 Å². The van der Waals surface area contributed by atoms with E-state index < -0.39 is 23.9 Å². The van der Waals surface area contributed by atoms with Gasteiger partial charge in [0.2, 0.25) is 0 Å². The molecule has 0 aromatic rings. The first-order valence-corrected chi connectivity index (χ1v) is 23.9. The van der Waals surface area contributed by atoms with Gasteiger partial charge in [0.15, 0.2) is 0 Å². The van der Waals surface area contributed by atoms with E-state index in [1.54, 1.807) is 0 Å². The van der Waals surface area contributed by atoms with Crippen molar-refractivity contribution in [3.05, 3.63) is 12.2 Å². The SMILES string of the molecule is CCCCCCCC/C=C\CCCCCCCC(=O)O.O=C(O)C1CCC2OC2C1.O=C(O)C1CCCCC1.O=C(O)C1CCCCC1.[Cr][CH2]C12CCCCC1O2. The number of allylic oxidation sites excluding steroid dienone is 2. The van der Waals surface area contributed by atoms with E-state index in [0.717, 1.165) is 88.8 Å². The molecular formula is C46H79CrO10. The molecule has 4 aliphatic carbocycles. The summed E-state index contributed by atoms with van der Waals surface area (Å²) in [7, 11) is 0. The van der Waals surface area contributed by atoms with E-state index in [1.165, 1.54) is 109 Å². The van der Waals surface area contributed by atoms with Gasteiger partial charge >= 0.3 is 87.6 Å². The molecule has 0 amide bonds. The van der Waals surface area contributed by atoms with Crippen LogP contribution < -0.4 is 0 Å². The number of hydrogen-bond acceptors (Lipinski definition) is 6. The number of epoxide rings is 2. The average molecular weight is 844 g/mol. The second-order valence-corrected chi connectivity index (χ2v) is 17.6. The van der Waals surface area contributed by atoms with E-state index in [2.05, 4.69) is 35.4 Å². The number of aliphatic carboxylic acids is 4. The van der Waals surface area contributed by atoms with Crippen LogP contribution in [0.15, 0.2) is 12.2 Å². The molecule has 0 spiro atoms. The molecule has 6 fully saturated rings. The number of rotatable bonds is 19. The first-order valence-electron chi connectivity index (χ1n) is 23.0. The van der Waals surface area contributed by atoms with Crippen LogP contribution in [0.3, 0.4) is 0 Å². The summed E-state index contributed by atoms with van der Waals surface area (Å²) < 4.78 is 10.8. The summed E-state index contributed by atoms with van der Waals surface area (Å²) in [5, 5.41) is 35.3. The van der Waals surface area contributed by atoms with Gasteiger partial charge in [-0.3, -0.25) is 19.2 Å². The number of carboxylic acids is 4. The third-order valence-corrected chi connectivity index (χ3v) is 13.1. The topological polar surface area (TPSA) is 174 Å². The summed E-state index contributed by atoms with van der Waals surface area (Å²) in [5.41, 5.74) is 0.332. The molecular weight excluding hydrogens is 764 g/mol. The van der Waals surface area contributed by atoms with Gasteiger partial charge in [0.25, 0.3) is 0 Å². The molecule has 2 heterocycles. The molecule has 2 aliphatic heterocycles. The minimum absolute atomic E-state index is 0.0289. The van der Waals surface area contributed by atoms with E-state index in [1.807, 2.05) is 0 Å². The van der Waals surface area contributed by atoms with Gasteiger partial charge in [-0.15, -0.1) is 0 Å². The molecule has 0 bridgehead atoms. The Labute approximate surface area is 353 Å².